The Hall–Kier alpha value is -1.90. The molecule has 0 atom stereocenters. The SMILES string of the molecule is CCc1nc(CC(=O)N2CCn3c(cnc3C(F)(F)F)C2)cs1. The number of aromatic nitrogens is 3. The van der Waals surface area contributed by atoms with Gasteiger partial charge in [-0.25, -0.2) is 9.97 Å². The fraction of sp³-hybridized carbons (Fsp3) is 0.500. The minimum absolute atomic E-state index is 0.104. The Labute approximate surface area is 134 Å². The molecule has 1 aliphatic heterocycles. The molecule has 0 fully saturated rings. The number of rotatable bonds is 3. The van der Waals surface area contributed by atoms with E-state index in [9.17, 15) is 18.0 Å². The van der Waals surface area contributed by atoms with Crippen molar-refractivity contribution in [3.8, 4) is 0 Å². The van der Waals surface area contributed by atoms with Crippen molar-refractivity contribution in [3.05, 3.63) is 33.8 Å². The Morgan fingerprint density at radius 1 is 1.39 bits per heavy atom. The lowest BCUT2D eigenvalue weighted by atomic mass is 10.2. The molecule has 0 aromatic carbocycles. The Kier molecular flexibility index (Phi) is 4.13. The van der Waals surface area contributed by atoms with Gasteiger partial charge in [0.05, 0.1) is 35.6 Å². The molecule has 0 bridgehead atoms. The van der Waals surface area contributed by atoms with Crippen molar-refractivity contribution < 1.29 is 18.0 Å². The molecule has 3 rings (SSSR count). The minimum atomic E-state index is -4.47. The van der Waals surface area contributed by atoms with Crippen molar-refractivity contribution in [2.75, 3.05) is 6.54 Å². The van der Waals surface area contributed by atoms with Crippen LogP contribution < -0.4 is 0 Å². The second kappa shape index (κ2) is 5.95. The molecule has 0 N–H and O–H groups in total. The third kappa shape index (κ3) is 3.24. The van der Waals surface area contributed by atoms with Crippen molar-refractivity contribution in [2.45, 2.75) is 39.0 Å². The highest BCUT2D eigenvalue weighted by Gasteiger charge is 2.38. The molecule has 0 saturated carbocycles. The second-order valence-corrected chi connectivity index (χ2v) is 6.24. The van der Waals surface area contributed by atoms with Crippen LogP contribution >= 0.6 is 11.3 Å². The zero-order valence-corrected chi connectivity index (χ0v) is 13.2. The van der Waals surface area contributed by atoms with Crippen molar-refractivity contribution in [3.63, 3.8) is 0 Å². The summed E-state index contributed by atoms with van der Waals surface area (Å²) in [5.41, 5.74) is 1.12. The number of thiazole rings is 1. The van der Waals surface area contributed by atoms with Gasteiger partial charge in [-0.2, -0.15) is 13.2 Å². The number of hydrogen-bond acceptors (Lipinski definition) is 4. The predicted octanol–water partition coefficient (Wildman–Crippen LogP) is 2.51. The average Bonchev–Trinajstić information content (AvgIpc) is 3.11. The molecular weight excluding hydrogens is 329 g/mol. The molecule has 0 spiro atoms. The summed E-state index contributed by atoms with van der Waals surface area (Å²) in [6.45, 7) is 2.49. The molecule has 9 heteroatoms. The summed E-state index contributed by atoms with van der Waals surface area (Å²) in [5.74, 6) is -1.02. The molecule has 124 valence electrons. The van der Waals surface area contributed by atoms with Gasteiger partial charge in [-0.05, 0) is 6.42 Å². The van der Waals surface area contributed by atoms with Crippen LogP contribution in [0.25, 0.3) is 0 Å². The van der Waals surface area contributed by atoms with Crippen molar-refractivity contribution in [1.29, 1.82) is 0 Å². The highest BCUT2D eigenvalue weighted by molar-refractivity contribution is 7.09. The number of amides is 1. The van der Waals surface area contributed by atoms with E-state index in [-0.39, 0.29) is 32.0 Å². The monoisotopic (exact) mass is 344 g/mol. The van der Waals surface area contributed by atoms with Crippen LogP contribution in [0.2, 0.25) is 0 Å². The fourth-order valence-corrected chi connectivity index (χ4v) is 3.33. The molecule has 2 aromatic heterocycles. The lowest BCUT2D eigenvalue weighted by molar-refractivity contribution is -0.148. The molecule has 0 saturated heterocycles. The van der Waals surface area contributed by atoms with Crippen LogP contribution in [0.15, 0.2) is 11.6 Å². The lowest BCUT2D eigenvalue weighted by Crippen LogP contribution is -2.39. The Balaban J connectivity index is 1.69. The summed E-state index contributed by atoms with van der Waals surface area (Å²) in [4.78, 5) is 21.7. The molecule has 23 heavy (non-hydrogen) atoms. The zero-order chi connectivity index (χ0) is 16.6. The van der Waals surface area contributed by atoms with Gasteiger partial charge in [0.2, 0.25) is 11.7 Å². The van der Waals surface area contributed by atoms with Crippen LogP contribution in [-0.2, 0) is 36.9 Å². The second-order valence-electron chi connectivity index (χ2n) is 5.30. The first-order valence-corrected chi connectivity index (χ1v) is 8.09. The molecule has 5 nitrogen and oxygen atoms in total. The molecule has 1 amide bonds. The van der Waals surface area contributed by atoms with Crippen LogP contribution in [0.1, 0.15) is 29.1 Å². The van der Waals surface area contributed by atoms with E-state index in [1.54, 1.807) is 4.90 Å². The minimum Gasteiger partial charge on any atom is -0.335 e. The third-order valence-electron chi connectivity index (χ3n) is 3.72. The summed E-state index contributed by atoms with van der Waals surface area (Å²) < 4.78 is 39.6. The Morgan fingerprint density at radius 3 is 2.83 bits per heavy atom. The first kappa shape index (κ1) is 16.0. The average molecular weight is 344 g/mol. The molecule has 0 aliphatic carbocycles. The standard InChI is InChI=1S/C14H15F3N4OS/c1-2-11-19-9(8-23-11)5-12(22)20-3-4-21-10(7-20)6-18-13(21)14(15,16)17/h6,8H,2-5,7H2,1H3. The van der Waals surface area contributed by atoms with Gasteiger partial charge in [0, 0.05) is 18.5 Å². The predicted molar refractivity (Wildman–Crippen MR) is 77.8 cm³/mol. The van der Waals surface area contributed by atoms with E-state index in [0.29, 0.717) is 11.4 Å². The quantitative estimate of drug-likeness (QED) is 0.860. The molecule has 2 aromatic rings. The van der Waals surface area contributed by atoms with E-state index in [1.807, 2.05) is 12.3 Å². The van der Waals surface area contributed by atoms with Gasteiger partial charge in [0.1, 0.15) is 0 Å². The smallest absolute Gasteiger partial charge is 0.335 e. The van der Waals surface area contributed by atoms with E-state index in [0.717, 1.165) is 16.0 Å². The van der Waals surface area contributed by atoms with Crippen LogP contribution in [0.3, 0.4) is 0 Å². The van der Waals surface area contributed by atoms with Gasteiger partial charge in [-0.15, -0.1) is 11.3 Å². The van der Waals surface area contributed by atoms with Gasteiger partial charge in [-0.1, -0.05) is 6.92 Å². The van der Waals surface area contributed by atoms with Crippen LogP contribution in [0.4, 0.5) is 13.2 Å². The normalized spacial score (nSPS) is 14.9. The summed E-state index contributed by atoms with van der Waals surface area (Å²) in [6.07, 6.45) is -2.28. The molecule has 0 unspecified atom stereocenters. The highest BCUT2D eigenvalue weighted by Crippen LogP contribution is 2.30. The Morgan fingerprint density at radius 2 is 2.17 bits per heavy atom. The maximum atomic E-state index is 12.8. The first-order chi connectivity index (χ1) is 10.9. The van der Waals surface area contributed by atoms with Crippen molar-refractivity contribution in [2.24, 2.45) is 0 Å². The number of nitrogens with zero attached hydrogens (tertiary/aromatic N) is 4. The van der Waals surface area contributed by atoms with E-state index in [1.165, 1.54) is 17.5 Å². The zero-order valence-electron chi connectivity index (χ0n) is 12.4. The van der Waals surface area contributed by atoms with Gasteiger partial charge in [0.25, 0.3) is 0 Å². The van der Waals surface area contributed by atoms with Crippen LogP contribution in [0.5, 0.6) is 0 Å². The molecule has 1 aliphatic rings. The van der Waals surface area contributed by atoms with E-state index < -0.39 is 12.0 Å². The Bertz CT molecular complexity index is 722. The van der Waals surface area contributed by atoms with Gasteiger partial charge in [0.15, 0.2) is 0 Å². The van der Waals surface area contributed by atoms with E-state index in [2.05, 4.69) is 9.97 Å². The maximum Gasteiger partial charge on any atom is 0.449 e. The maximum absolute atomic E-state index is 12.8. The number of hydrogen-bond donors (Lipinski definition) is 0. The molecular formula is C14H15F3N4OS. The third-order valence-corrected chi connectivity index (χ3v) is 4.77. The number of carbonyl (C=O) groups is 1. The summed E-state index contributed by atoms with van der Waals surface area (Å²) in [5, 5.41) is 2.83. The number of alkyl halides is 3. The number of imidazole rings is 1. The highest BCUT2D eigenvalue weighted by atomic mass is 32.1. The van der Waals surface area contributed by atoms with E-state index >= 15 is 0 Å². The lowest BCUT2D eigenvalue weighted by Gasteiger charge is -2.29. The largest absolute Gasteiger partial charge is 0.449 e. The summed E-state index contributed by atoms with van der Waals surface area (Å²) >= 11 is 1.51. The van der Waals surface area contributed by atoms with Gasteiger partial charge < -0.3 is 9.47 Å². The van der Waals surface area contributed by atoms with E-state index in [4.69, 9.17) is 0 Å². The summed E-state index contributed by atoms with van der Waals surface area (Å²) in [6, 6.07) is 0. The van der Waals surface area contributed by atoms with Crippen molar-refractivity contribution in [1.82, 2.24) is 19.4 Å². The number of halogens is 3. The topological polar surface area (TPSA) is 51.0 Å². The fourth-order valence-electron chi connectivity index (χ4n) is 2.58. The first-order valence-electron chi connectivity index (χ1n) is 7.21. The van der Waals surface area contributed by atoms with Crippen LogP contribution in [-0.4, -0.2) is 31.9 Å². The molecule has 3 heterocycles. The number of aryl methyl sites for hydroxylation is 1. The number of carbonyl (C=O) groups excluding carboxylic acids is 1. The van der Waals surface area contributed by atoms with Crippen LogP contribution in [0, 0.1) is 0 Å². The van der Waals surface area contributed by atoms with Crippen molar-refractivity contribution >= 4 is 17.2 Å². The number of fused-ring (bicyclic) bond motifs is 1. The summed E-state index contributed by atoms with van der Waals surface area (Å²) in [7, 11) is 0. The van der Waals surface area contributed by atoms with Gasteiger partial charge >= 0.3 is 6.18 Å². The van der Waals surface area contributed by atoms with Gasteiger partial charge in [-0.3, -0.25) is 4.79 Å². The molecule has 0 radical (unpaired) electrons.